The molecule has 0 saturated carbocycles. The normalized spacial score (nSPS) is 17.4. The lowest BCUT2D eigenvalue weighted by molar-refractivity contribution is -0.121. The maximum Gasteiger partial charge on any atom is 0.147 e. The molecule has 1 aliphatic carbocycles. The van der Waals surface area contributed by atoms with Crippen molar-refractivity contribution in [2.75, 3.05) is 0 Å². The minimum Gasteiger partial charge on any atom is -0.507 e. The number of carbonyl (C=O) groups is 1. The molecule has 2 heteroatoms. The van der Waals surface area contributed by atoms with Gasteiger partial charge in [-0.25, -0.2) is 0 Å². The fourth-order valence-corrected chi connectivity index (χ4v) is 2.81. The van der Waals surface area contributed by atoms with Crippen molar-refractivity contribution < 1.29 is 9.90 Å². The van der Waals surface area contributed by atoms with E-state index in [0.717, 1.165) is 21.9 Å². The first kappa shape index (κ1) is 10.3. The Hall–Kier alpha value is -1.83. The first-order valence-electron chi connectivity index (χ1n) is 5.79. The number of phenols is 1. The number of fused-ring (bicyclic) bond motifs is 3. The Morgan fingerprint density at radius 1 is 1.12 bits per heavy atom. The molecule has 2 aromatic rings. The number of aromatic hydroxyl groups is 1. The quantitative estimate of drug-likeness (QED) is 0.749. The van der Waals surface area contributed by atoms with Gasteiger partial charge in [0.15, 0.2) is 0 Å². The summed E-state index contributed by atoms with van der Waals surface area (Å²) in [6.45, 7) is 3.93. The SMILES string of the molecule is CC1(C)C(=O)Cc2ccc3c(O)cccc3c21. The first-order chi connectivity index (χ1) is 8.01. The van der Waals surface area contributed by atoms with Crippen LogP contribution in [0, 0.1) is 0 Å². The molecular formula is C15H14O2. The number of benzene rings is 2. The lowest BCUT2D eigenvalue weighted by atomic mass is 9.83. The Morgan fingerprint density at radius 3 is 2.65 bits per heavy atom. The molecule has 0 atom stereocenters. The molecule has 0 aliphatic heterocycles. The van der Waals surface area contributed by atoms with Gasteiger partial charge < -0.3 is 5.11 Å². The van der Waals surface area contributed by atoms with Crippen molar-refractivity contribution in [3.05, 3.63) is 41.5 Å². The van der Waals surface area contributed by atoms with Crippen molar-refractivity contribution in [3.63, 3.8) is 0 Å². The summed E-state index contributed by atoms with van der Waals surface area (Å²) in [5.74, 6) is 0.531. The molecule has 0 bridgehead atoms. The summed E-state index contributed by atoms with van der Waals surface area (Å²) in [5, 5.41) is 11.7. The van der Waals surface area contributed by atoms with Crippen LogP contribution >= 0.6 is 0 Å². The summed E-state index contributed by atoms with van der Waals surface area (Å²) >= 11 is 0. The number of hydrogen-bond acceptors (Lipinski definition) is 2. The fourth-order valence-electron chi connectivity index (χ4n) is 2.81. The van der Waals surface area contributed by atoms with Gasteiger partial charge >= 0.3 is 0 Å². The van der Waals surface area contributed by atoms with Gasteiger partial charge in [-0.05, 0) is 36.4 Å². The highest BCUT2D eigenvalue weighted by molar-refractivity contribution is 6.04. The van der Waals surface area contributed by atoms with Gasteiger partial charge in [0.1, 0.15) is 11.5 Å². The van der Waals surface area contributed by atoms with Gasteiger partial charge in [-0.15, -0.1) is 0 Å². The number of hydrogen-bond donors (Lipinski definition) is 1. The predicted molar refractivity (Wildman–Crippen MR) is 67.3 cm³/mol. The average molecular weight is 226 g/mol. The van der Waals surface area contributed by atoms with Crippen molar-refractivity contribution in [2.24, 2.45) is 0 Å². The smallest absolute Gasteiger partial charge is 0.147 e. The van der Waals surface area contributed by atoms with E-state index in [1.165, 1.54) is 0 Å². The molecular weight excluding hydrogens is 212 g/mol. The molecule has 2 nitrogen and oxygen atoms in total. The van der Waals surface area contributed by atoms with E-state index in [4.69, 9.17) is 0 Å². The third-order valence-electron chi connectivity index (χ3n) is 3.80. The molecule has 3 rings (SSSR count). The Balaban J connectivity index is 2.46. The molecule has 0 amide bonds. The summed E-state index contributed by atoms with van der Waals surface area (Å²) in [6.07, 6.45) is 0.508. The molecule has 1 N–H and O–H groups in total. The van der Waals surface area contributed by atoms with Gasteiger partial charge in [-0.1, -0.05) is 24.3 Å². The zero-order chi connectivity index (χ0) is 12.2. The standard InChI is InChI=1S/C15H14O2/c1-15(2)13(17)8-9-6-7-10-11(14(9)15)4-3-5-12(10)16/h3-7,16H,8H2,1-2H3. The molecule has 0 radical (unpaired) electrons. The van der Waals surface area contributed by atoms with E-state index < -0.39 is 5.41 Å². The van der Waals surface area contributed by atoms with Crippen LogP contribution < -0.4 is 0 Å². The van der Waals surface area contributed by atoms with Crippen LogP contribution in [0.2, 0.25) is 0 Å². The molecule has 0 fully saturated rings. The highest BCUT2D eigenvalue weighted by atomic mass is 16.3. The lowest BCUT2D eigenvalue weighted by Crippen LogP contribution is -2.23. The minimum atomic E-state index is -0.442. The summed E-state index contributed by atoms with van der Waals surface area (Å²) in [4.78, 5) is 12.0. The van der Waals surface area contributed by atoms with Crippen LogP contribution in [0.25, 0.3) is 10.8 Å². The number of rotatable bonds is 0. The van der Waals surface area contributed by atoms with E-state index in [9.17, 15) is 9.90 Å². The van der Waals surface area contributed by atoms with E-state index in [1.54, 1.807) is 6.07 Å². The maximum absolute atomic E-state index is 12.0. The number of carbonyl (C=O) groups excluding carboxylic acids is 1. The second kappa shape index (κ2) is 3.10. The zero-order valence-corrected chi connectivity index (χ0v) is 9.95. The fraction of sp³-hybridized carbons (Fsp3) is 0.267. The van der Waals surface area contributed by atoms with Gasteiger partial charge in [0.25, 0.3) is 0 Å². The van der Waals surface area contributed by atoms with Crippen LogP contribution in [-0.4, -0.2) is 10.9 Å². The van der Waals surface area contributed by atoms with E-state index in [1.807, 2.05) is 38.1 Å². The first-order valence-corrected chi connectivity index (χ1v) is 5.79. The number of phenolic OH excluding ortho intramolecular Hbond substituents is 1. The number of ketones is 1. The monoisotopic (exact) mass is 226 g/mol. The maximum atomic E-state index is 12.0. The molecule has 0 unspecified atom stereocenters. The van der Waals surface area contributed by atoms with Crippen LogP contribution in [0.1, 0.15) is 25.0 Å². The Morgan fingerprint density at radius 2 is 1.88 bits per heavy atom. The van der Waals surface area contributed by atoms with Crippen molar-refractivity contribution in [1.82, 2.24) is 0 Å². The zero-order valence-electron chi connectivity index (χ0n) is 9.95. The van der Waals surface area contributed by atoms with Crippen LogP contribution in [0.3, 0.4) is 0 Å². The van der Waals surface area contributed by atoms with Crippen LogP contribution in [0.15, 0.2) is 30.3 Å². The Labute approximate surface area is 99.9 Å². The Kier molecular flexibility index (Phi) is 1.88. The van der Waals surface area contributed by atoms with E-state index in [2.05, 4.69) is 0 Å². The predicted octanol–water partition coefficient (Wildman–Crippen LogP) is 2.95. The molecule has 1 aliphatic rings. The highest BCUT2D eigenvalue weighted by Crippen LogP contribution is 2.41. The third-order valence-corrected chi connectivity index (χ3v) is 3.80. The summed E-state index contributed by atoms with van der Waals surface area (Å²) in [7, 11) is 0. The summed E-state index contributed by atoms with van der Waals surface area (Å²) in [5.41, 5.74) is 1.73. The van der Waals surface area contributed by atoms with Gasteiger partial charge in [0, 0.05) is 17.2 Å². The molecule has 0 aromatic heterocycles. The lowest BCUT2D eigenvalue weighted by Gasteiger charge is -2.19. The topological polar surface area (TPSA) is 37.3 Å². The molecule has 2 aromatic carbocycles. The molecule has 0 heterocycles. The number of Topliss-reactive ketones (excluding diaryl/α,β-unsaturated/α-hetero) is 1. The van der Waals surface area contributed by atoms with Crippen LogP contribution in [-0.2, 0) is 16.6 Å². The molecule has 17 heavy (non-hydrogen) atoms. The second-order valence-corrected chi connectivity index (χ2v) is 5.20. The van der Waals surface area contributed by atoms with Gasteiger partial charge in [-0.3, -0.25) is 4.79 Å². The van der Waals surface area contributed by atoms with Gasteiger partial charge in [-0.2, -0.15) is 0 Å². The van der Waals surface area contributed by atoms with E-state index in [-0.39, 0.29) is 11.5 Å². The third kappa shape index (κ3) is 1.24. The molecule has 86 valence electrons. The van der Waals surface area contributed by atoms with Gasteiger partial charge in [0.2, 0.25) is 0 Å². The largest absolute Gasteiger partial charge is 0.507 e. The van der Waals surface area contributed by atoms with Crippen molar-refractivity contribution in [3.8, 4) is 5.75 Å². The Bertz CT molecular complexity index is 639. The van der Waals surface area contributed by atoms with Gasteiger partial charge in [0.05, 0.1) is 0 Å². The summed E-state index contributed by atoms with van der Waals surface area (Å²) in [6, 6.07) is 9.35. The van der Waals surface area contributed by atoms with Crippen LogP contribution in [0.4, 0.5) is 0 Å². The van der Waals surface area contributed by atoms with Crippen molar-refractivity contribution in [1.29, 1.82) is 0 Å². The average Bonchev–Trinajstić information content (AvgIpc) is 2.50. The highest BCUT2D eigenvalue weighted by Gasteiger charge is 2.39. The van der Waals surface area contributed by atoms with Crippen molar-refractivity contribution in [2.45, 2.75) is 25.7 Å². The van der Waals surface area contributed by atoms with Crippen molar-refractivity contribution >= 4 is 16.6 Å². The second-order valence-electron chi connectivity index (χ2n) is 5.20. The van der Waals surface area contributed by atoms with E-state index >= 15 is 0 Å². The minimum absolute atomic E-state index is 0.253. The summed E-state index contributed by atoms with van der Waals surface area (Å²) < 4.78 is 0. The van der Waals surface area contributed by atoms with Crippen LogP contribution in [0.5, 0.6) is 5.75 Å². The molecule has 0 spiro atoms. The molecule has 0 saturated heterocycles. The van der Waals surface area contributed by atoms with E-state index in [0.29, 0.717) is 6.42 Å².